The lowest BCUT2D eigenvalue weighted by atomic mass is 9.95. The highest BCUT2D eigenvalue weighted by molar-refractivity contribution is 5.99. The average molecular weight is 485 g/mol. The van der Waals surface area contributed by atoms with E-state index in [1.54, 1.807) is 0 Å². The van der Waals surface area contributed by atoms with Gasteiger partial charge in [-0.1, -0.05) is 109 Å². The van der Waals surface area contributed by atoms with Crippen molar-refractivity contribution in [3.63, 3.8) is 0 Å². The van der Waals surface area contributed by atoms with Crippen LogP contribution in [0, 0.1) is 0 Å². The van der Waals surface area contributed by atoms with Crippen molar-refractivity contribution in [1.82, 2.24) is 9.97 Å². The molecule has 7 aromatic rings. The summed E-state index contributed by atoms with van der Waals surface area (Å²) in [6.07, 6.45) is 3.66. The molecule has 2 nitrogen and oxygen atoms in total. The Morgan fingerprint density at radius 1 is 0.368 bits per heavy atom. The Bertz CT molecular complexity index is 1800. The van der Waals surface area contributed by atoms with Crippen LogP contribution in [-0.4, -0.2) is 9.97 Å². The number of fused-ring (bicyclic) bond motifs is 2. The van der Waals surface area contributed by atoms with E-state index >= 15 is 0 Å². The Morgan fingerprint density at radius 2 is 0.816 bits per heavy atom. The number of aromatic nitrogens is 2. The molecule has 0 atom stereocenters. The molecule has 0 radical (unpaired) electrons. The SMILES string of the molecule is c1ccc2c(-c3cc(-c4ccc(-c5ccncc5)cc4)cc(-c4cccc5ccccc45)n3)cccc2c1. The maximum atomic E-state index is 5.26. The molecular weight excluding hydrogens is 460 g/mol. The molecule has 0 fully saturated rings. The van der Waals surface area contributed by atoms with Crippen molar-refractivity contribution in [3.8, 4) is 44.8 Å². The van der Waals surface area contributed by atoms with E-state index in [4.69, 9.17) is 4.98 Å². The van der Waals surface area contributed by atoms with Gasteiger partial charge in [0.05, 0.1) is 11.4 Å². The van der Waals surface area contributed by atoms with Gasteiger partial charge >= 0.3 is 0 Å². The topological polar surface area (TPSA) is 25.8 Å². The van der Waals surface area contributed by atoms with Crippen molar-refractivity contribution in [2.24, 2.45) is 0 Å². The zero-order valence-corrected chi connectivity index (χ0v) is 20.8. The van der Waals surface area contributed by atoms with Crippen molar-refractivity contribution >= 4 is 21.5 Å². The predicted molar refractivity (Wildman–Crippen MR) is 159 cm³/mol. The lowest BCUT2D eigenvalue weighted by Crippen LogP contribution is -1.93. The van der Waals surface area contributed by atoms with Gasteiger partial charge in [0, 0.05) is 23.5 Å². The molecular formula is C36H24N2. The Balaban J connectivity index is 1.44. The van der Waals surface area contributed by atoms with Gasteiger partial charge in [-0.25, -0.2) is 4.98 Å². The molecule has 7 rings (SSSR count). The van der Waals surface area contributed by atoms with E-state index in [2.05, 4.69) is 126 Å². The Hall–Kier alpha value is -5.08. The summed E-state index contributed by atoms with van der Waals surface area (Å²) in [6, 6.07) is 47.2. The average Bonchev–Trinajstić information content (AvgIpc) is 3.01. The summed E-state index contributed by atoms with van der Waals surface area (Å²) in [5.41, 5.74) is 8.86. The Kier molecular flexibility index (Phi) is 5.49. The summed E-state index contributed by atoms with van der Waals surface area (Å²) in [5.74, 6) is 0. The van der Waals surface area contributed by atoms with Gasteiger partial charge in [-0.2, -0.15) is 0 Å². The zero-order chi connectivity index (χ0) is 25.3. The molecule has 0 N–H and O–H groups in total. The monoisotopic (exact) mass is 484 g/mol. The molecule has 0 unspecified atom stereocenters. The Morgan fingerprint density at radius 3 is 1.37 bits per heavy atom. The van der Waals surface area contributed by atoms with Crippen LogP contribution < -0.4 is 0 Å². The van der Waals surface area contributed by atoms with Crippen LogP contribution in [0.5, 0.6) is 0 Å². The fourth-order valence-corrected chi connectivity index (χ4v) is 5.27. The van der Waals surface area contributed by atoms with Crippen molar-refractivity contribution in [2.75, 3.05) is 0 Å². The lowest BCUT2D eigenvalue weighted by Gasteiger charge is -2.14. The van der Waals surface area contributed by atoms with E-state index in [0.29, 0.717) is 0 Å². The van der Waals surface area contributed by atoms with E-state index in [9.17, 15) is 0 Å². The van der Waals surface area contributed by atoms with Crippen LogP contribution in [0.25, 0.3) is 66.3 Å². The molecule has 2 heteroatoms. The minimum atomic E-state index is 0.973. The number of benzene rings is 5. The zero-order valence-electron chi connectivity index (χ0n) is 20.8. The van der Waals surface area contributed by atoms with Gasteiger partial charge in [-0.05, 0) is 68.1 Å². The van der Waals surface area contributed by atoms with E-state index in [-0.39, 0.29) is 0 Å². The second-order valence-corrected chi connectivity index (χ2v) is 9.49. The fraction of sp³-hybridized carbons (Fsp3) is 0. The number of rotatable bonds is 4. The van der Waals surface area contributed by atoms with E-state index in [1.165, 1.54) is 27.1 Å². The van der Waals surface area contributed by atoms with Crippen molar-refractivity contribution in [3.05, 3.63) is 146 Å². The highest BCUT2D eigenvalue weighted by atomic mass is 14.7. The van der Waals surface area contributed by atoms with Crippen LogP contribution in [0.15, 0.2) is 146 Å². The van der Waals surface area contributed by atoms with Gasteiger partial charge in [0.25, 0.3) is 0 Å². The highest BCUT2D eigenvalue weighted by Gasteiger charge is 2.13. The van der Waals surface area contributed by atoms with Gasteiger partial charge in [0.2, 0.25) is 0 Å². The van der Waals surface area contributed by atoms with Gasteiger partial charge in [-0.15, -0.1) is 0 Å². The van der Waals surface area contributed by atoms with Gasteiger partial charge in [0.15, 0.2) is 0 Å². The summed E-state index contributed by atoms with van der Waals surface area (Å²) in [4.78, 5) is 9.41. The van der Waals surface area contributed by atoms with Gasteiger partial charge in [-0.3, -0.25) is 4.98 Å². The standard InChI is InChI=1S/C36H24N2/c1-3-11-31-28(7-1)9-5-13-33(31)35-23-30(26-17-15-25(16-18-26)27-19-21-37-22-20-27)24-36(38-35)34-14-6-10-29-8-2-4-12-32(29)34/h1-24H. The van der Waals surface area contributed by atoms with Crippen LogP contribution >= 0.6 is 0 Å². The molecule has 0 aliphatic rings. The van der Waals surface area contributed by atoms with Crippen LogP contribution in [0.3, 0.4) is 0 Å². The number of hydrogen-bond acceptors (Lipinski definition) is 2. The molecule has 0 amide bonds. The fourth-order valence-electron chi connectivity index (χ4n) is 5.27. The minimum Gasteiger partial charge on any atom is -0.265 e. The van der Waals surface area contributed by atoms with Gasteiger partial charge in [0.1, 0.15) is 0 Å². The molecule has 5 aromatic carbocycles. The summed E-state index contributed by atoms with van der Waals surface area (Å²) in [5, 5.41) is 4.84. The third kappa shape index (κ3) is 4.03. The van der Waals surface area contributed by atoms with E-state index in [1.807, 2.05) is 24.5 Å². The van der Waals surface area contributed by atoms with Crippen LogP contribution in [0.2, 0.25) is 0 Å². The van der Waals surface area contributed by atoms with Crippen LogP contribution in [-0.2, 0) is 0 Å². The first kappa shape index (κ1) is 22.1. The molecule has 0 spiro atoms. The number of hydrogen-bond donors (Lipinski definition) is 0. The number of pyridine rings is 2. The molecule has 0 aliphatic carbocycles. The molecule has 0 bridgehead atoms. The highest BCUT2D eigenvalue weighted by Crippen LogP contribution is 2.36. The third-order valence-corrected chi connectivity index (χ3v) is 7.19. The molecule has 0 saturated heterocycles. The second-order valence-electron chi connectivity index (χ2n) is 9.49. The Labute approximate surface area is 221 Å². The van der Waals surface area contributed by atoms with Crippen LogP contribution in [0.4, 0.5) is 0 Å². The maximum Gasteiger partial charge on any atom is 0.0721 e. The first-order valence-corrected chi connectivity index (χ1v) is 12.8. The largest absolute Gasteiger partial charge is 0.265 e. The van der Waals surface area contributed by atoms with E-state index < -0.39 is 0 Å². The minimum absolute atomic E-state index is 0.973. The molecule has 2 heterocycles. The van der Waals surface area contributed by atoms with E-state index in [0.717, 1.165) is 39.2 Å². The maximum absolute atomic E-state index is 5.26. The van der Waals surface area contributed by atoms with Crippen LogP contribution in [0.1, 0.15) is 0 Å². The molecule has 0 saturated carbocycles. The van der Waals surface area contributed by atoms with Crippen molar-refractivity contribution in [2.45, 2.75) is 0 Å². The molecule has 178 valence electrons. The summed E-state index contributed by atoms with van der Waals surface area (Å²) >= 11 is 0. The normalized spacial score (nSPS) is 11.2. The second kappa shape index (κ2) is 9.42. The smallest absolute Gasteiger partial charge is 0.0721 e. The number of nitrogens with zero attached hydrogens (tertiary/aromatic N) is 2. The lowest BCUT2D eigenvalue weighted by molar-refractivity contribution is 1.33. The first-order valence-electron chi connectivity index (χ1n) is 12.8. The summed E-state index contributed by atoms with van der Waals surface area (Å²) in [6.45, 7) is 0. The summed E-state index contributed by atoms with van der Waals surface area (Å²) < 4.78 is 0. The molecule has 2 aromatic heterocycles. The van der Waals surface area contributed by atoms with Crippen molar-refractivity contribution < 1.29 is 0 Å². The van der Waals surface area contributed by atoms with Crippen molar-refractivity contribution in [1.29, 1.82) is 0 Å². The third-order valence-electron chi connectivity index (χ3n) is 7.19. The van der Waals surface area contributed by atoms with Gasteiger partial charge < -0.3 is 0 Å². The molecule has 0 aliphatic heterocycles. The predicted octanol–water partition coefficient (Wildman–Crippen LogP) is 9.45. The summed E-state index contributed by atoms with van der Waals surface area (Å²) in [7, 11) is 0. The quantitative estimate of drug-likeness (QED) is 0.249. The molecule has 38 heavy (non-hydrogen) atoms. The first-order chi connectivity index (χ1) is 18.8.